The summed E-state index contributed by atoms with van der Waals surface area (Å²) < 4.78 is 29.2. The minimum absolute atomic E-state index is 0.101. The van der Waals surface area contributed by atoms with Crippen molar-refractivity contribution in [3.8, 4) is 0 Å². The molecule has 0 aliphatic heterocycles. The van der Waals surface area contributed by atoms with E-state index < -0.39 is 16.2 Å². The topological polar surface area (TPSA) is 75.6 Å². The van der Waals surface area contributed by atoms with Crippen LogP contribution < -0.4 is 5.32 Å². The number of hydrogen-bond acceptors (Lipinski definition) is 5. The lowest BCUT2D eigenvalue weighted by molar-refractivity contribution is 0.107. The summed E-state index contributed by atoms with van der Waals surface area (Å²) in [5, 5.41) is 13.3. The van der Waals surface area contributed by atoms with Crippen LogP contribution >= 0.6 is 0 Å². The lowest BCUT2D eigenvalue weighted by atomic mass is 10.1. The average Bonchev–Trinajstić information content (AvgIpc) is 3.01. The maximum Gasteiger partial charge on any atom is 0.297 e. The smallest absolute Gasteiger partial charge is 0.297 e. The second-order valence-electron chi connectivity index (χ2n) is 6.49. The van der Waals surface area contributed by atoms with Crippen molar-refractivity contribution in [2.75, 3.05) is 13.2 Å². The monoisotopic (exact) mass is 361 g/mol. The number of rotatable bonds is 7. The molecule has 0 radical (unpaired) electrons. The van der Waals surface area contributed by atoms with Gasteiger partial charge in [-0.3, -0.25) is 4.18 Å². The molecule has 134 valence electrons. The van der Waals surface area contributed by atoms with Crippen molar-refractivity contribution in [1.82, 2.24) is 5.32 Å². The summed E-state index contributed by atoms with van der Waals surface area (Å²) in [7, 11) is -3.84. The van der Waals surface area contributed by atoms with Crippen LogP contribution in [0.5, 0.6) is 0 Å². The Kier molecular flexibility index (Phi) is 5.54. The van der Waals surface area contributed by atoms with E-state index in [-0.39, 0.29) is 17.5 Å². The van der Waals surface area contributed by atoms with Crippen LogP contribution in [0.25, 0.3) is 0 Å². The standard InChI is InChI=1S/C19H23NO4S/c1-14-6-8-19(9-7-14)25(22,23)24-13-18(21)12-20-17-10-15-4-2-3-5-16(15)11-17/h2-9,17-18,20-21H,10-13H2,1H3. The molecule has 0 fully saturated rings. The average molecular weight is 361 g/mol. The van der Waals surface area contributed by atoms with Crippen LogP contribution in [0.4, 0.5) is 0 Å². The molecule has 0 heterocycles. The fourth-order valence-corrected chi connectivity index (χ4v) is 3.95. The van der Waals surface area contributed by atoms with Gasteiger partial charge in [0.1, 0.15) is 0 Å². The molecule has 2 aromatic carbocycles. The highest BCUT2D eigenvalue weighted by Gasteiger charge is 2.22. The summed E-state index contributed by atoms with van der Waals surface area (Å²) in [5.41, 5.74) is 3.63. The van der Waals surface area contributed by atoms with Crippen LogP contribution in [0.15, 0.2) is 53.4 Å². The summed E-state index contributed by atoms with van der Waals surface area (Å²) in [4.78, 5) is 0.101. The summed E-state index contributed by atoms with van der Waals surface area (Å²) in [6.07, 6.45) is 0.959. The maximum atomic E-state index is 12.1. The van der Waals surface area contributed by atoms with E-state index in [0.717, 1.165) is 18.4 Å². The molecule has 0 saturated heterocycles. The molecule has 2 N–H and O–H groups in total. The first-order chi connectivity index (χ1) is 11.9. The van der Waals surface area contributed by atoms with Gasteiger partial charge in [0.25, 0.3) is 10.1 Å². The van der Waals surface area contributed by atoms with Gasteiger partial charge in [0.2, 0.25) is 0 Å². The molecule has 6 heteroatoms. The number of aryl methyl sites for hydroxylation is 1. The molecule has 0 amide bonds. The van der Waals surface area contributed by atoms with Crippen molar-refractivity contribution in [3.63, 3.8) is 0 Å². The van der Waals surface area contributed by atoms with Gasteiger partial charge in [0, 0.05) is 12.6 Å². The van der Waals surface area contributed by atoms with Gasteiger partial charge in [-0.1, -0.05) is 42.0 Å². The Morgan fingerprint density at radius 3 is 2.32 bits per heavy atom. The van der Waals surface area contributed by atoms with Crippen molar-refractivity contribution in [2.24, 2.45) is 0 Å². The number of benzene rings is 2. The molecular weight excluding hydrogens is 338 g/mol. The van der Waals surface area contributed by atoms with Gasteiger partial charge in [-0.2, -0.15) is 8.42 Å². The molecule has 0 bridgehead atoms. The van der Waals surface area contributed by atoms with Gasteiger partial charge in [0.05, 0.1) is 17.6 Å². The Hall–Kier alpha value is -1.73. The molecule has 3 rings (SSSR count). The highest BCUT2D eigenvalue weighted by molar-refractivity contribution is 7.86. The molecule has 25 heavy (non-hydrogen) atoms. The second-order valence-corrected chi connectivity index (χ2v) is 8.10. The molecule has 0 spiro atoms. The largest absolute Gasteiger partial charge is 0.389 e. The molecule has 5 nitrogen and oxygen atoms in total. The molecule has 1 aliphatic carbocycles. The van der Waals surface area contributed by atoms with E-state index in [1.54, 1.807) is 12.1 Å². The number of nitrogens with one attached hydrogen (secondary N) is 1. The molecule has 1 atom stereocenters. The fraction of sp³-hybridized carbons (Fsp3) is 0.368. The highest BCUT2D eigenvalue weighted by Crippen LogP contribution is 2.21. The minimum atomic E-state index is -3.84. The van der Waals surface area contributed by atoms with Crippen LogP contribution in [0.1, 0.15) is 16.7 Å². The van der Waals surface area contributed by atoms with Gasteiger partial charge < -0.3 is 10.4 Å². The first-order valence-corrected chi connectivity index (χ1v) is 9.79. The Bertz CT molecular complexity index is 793. The Labute approximate surface area is 148 Å². The summed E-state index contributed by atoms with van der Waals surface area (Å²) in [6.45, 7) is 1.92. The first kappa shape index (κ1) is 18.1. The molecule has 1 aliphatic rings. The van der Waals surface area contributed by atoms with Crippen LogP contribution in [-0.4, -0.2) is 38.8 Å². The zero-order valence-electron chi connectivity index (χ0n) is 14.2. The quantitative estimate of drug-likeness (QED) is 0.736. The van der Waals surface area contributed by atoms with E-state index in [0.29, 0.717) is 6.54 Å². The van der Waals surface area contributed by atoms with Gasteiger partial charge in [0.15, 0.2) is 0 Å². The summed E-state index contributed by atoms with van der Waals surface area (Å²) in [5.74, 6) is 0. The number of aliphatic hydroxyl groups is 1. The Balaban J connectivity index is 1.45. The van der Waals surface area contributed by atoms with Crippen LogP contribution in [0.2, 0.25) is 0 Å². The van der Waals surface area contributed by atoms with E-state index in [9.17, 15) is 13.5 Å². The minimum Gasteiger partial charge on any atom is -0.389 e. The Morgan fingerprint density at radius 1 is 1.12 bits per heavy atom. The molecule has 2 aromatic rings. The maximum absolute atomic E-state index is 12.1. The molecule has 1 unspecified atom stereocenters. The Morgan fingerprint density at radius 2 is 1.72 bits per heavy atom. The summed E-state index contributed by atoms with van der Waals surface area (Å²) in [6, 6.07) is 15.0. The summed E-state index contributed by atoms with van der Waals surface area (Å²) >= 11 is 0. The molecular formula is C19H23NO4S. The predicted molar refractivity (Wildman–Crippen MR) is 96.0 cm³/mol. The third-order valence-corrected chi connectivity index (χ3v) is 5.71. The van der Waals surface area contributed by atoms with E-state index in [1.807, 2.05) is 19.1 Å². The lowest BCUT2D eigenvalue weighted by Gasteiger charge is -2.16. The highest BCUT2D eigenvalue weighted by atomic mass is 32.2. The normalized spacial score (nSPS) is 15.9. The second kappa shape index (κ2) is 7.66. The lowest BCUT2D eigenvalue weighted by Crippen LogP contribution is -2.38. The fourth-order valence-electron chi connectivity index (χ4n) is 3.01. The first-order valence-electron chi connectivity index (χ1n) is 8.38. The number of fused-ring (bicyclic) bond motifs is 1. The third kappa shape index (κ3) is 4.67. The third-order valence-electron chi connectivity index (χ3n) is 4.42. The van der Waals surface area contributed by atoms with Crippen LogP contribution in [0.3, 0.4) is 0 Å². The van der Waals surface area contributed by atoms with Crippen molar-refractivity contribution in [3.05, 3.63) is 65.2 Å². The van der Waals surface area contributed by atoms with Gasteiger partial charge in [-0.15, -0.1) is 0 Å². The zero-order valence-corrected chi connectivity index (χ0v) is 15.0. The van der Waals surface area contributed by atoms with Gasteiger partial charge in [-0.05, 0) is 43.0 Å². The molecule has 0 aromatic heterocycles. The van der Waals surface area contributed by atoms with Crippen LogP contribution in [0, 0.1) is 6.92 Å². The van der Waals surface area contributed by atoms with E-state index in [4.69, 9.17) is 4.18 Å². The zero-order chi connectivity index (χ0) is 17.9. The molecule has 0 saturated carbocycles. The van der Waals surface area contributed by atoms with Crippen molar-refractivity contribution < 1.29 is 17.7 Å². The van der Waals surface area contributed by atoms with Gasteiger partial charge in [-0.25, -0.2) is 0 Å². The van der Waals surface area contributed by atoms with Crippen molar-refractivity contribution in [1.29, 1.82) is 0 Å². The number of aliphatic hydroxyl groups excluding tert-OH is 1. The van der Waals surface area contributed by atoms with Crippen molar-refractivity contribution >= 4 is 10.1 Å². The predicted octanol–water partition coefficient (Wildman–Crippen LogP) is 1.82. The number of hydrogen-bond donors (Lipinski definition) is 2. The van der Waals surface area contributed by atoms with Crippen LogP contribution in [-0.2, 0) is 27.1 Å². The van der Waals surface area contributed by atoms with Crippen molar-refractivity contribution in [2.45, 2.75) is 36.8 Å². The van der Waals surface area contributed by atoms with E-state index in [2.05, 4.69) is 17.4 Å². The van der Waals surface area contributed by atoms with Gasteiger partial charge >= 0.3 is 0 Å². The SMILES string of the molecule is Cc1ccc(S(=O)(=O)OCC(O)CNC2Cc3ccccc3C2)cc1. The van der Waals surface area contributed by atoms with E-state index in [1.165, 1.54) is 23.3 Å². The van der Waals surface area contributed by atoms with E-state index >= 15 is 0 Å².